The predicted octanol–water partition coefficient (Wildman–Crippen LogP) is 6.18. The number of anilines is 2. The zero-order valence-corrected chi connectivity index (χ0v) is 24.8. The molecular weight excluding hydrogens is 594 g/mol. The third kappa shape index (κ3) is 6.09. The van der Waals surface area contributed by atoms with Crippen molar-refractivity contribution >= 4 is 46.4 Å². The van der Waals surface area contributed by atoms with Gasteiger partial charge in [0, 0.05) is 52.8 Å². The maximum absolute atomic E-state index is 15.3. The molecule has 6 rings (SSSR count). The van der Waals surface area contributed by atoms with Crippen LogP contribution in [0.5, 0.6) is 11.5 Å². The Labute approximate surface area is 262 Å². The van der Waals surface area contributed by atoms with Gasteiger partial charge in [0.05, 0.1) is 17.4 Å². The Bertz CT molecular complexity index is 1940. The number of rotatable bonds is 12. The van der Waals surface area contributed by atoms with Gasteiger partial charge in [-0.2, -0.15) is 5.10 Å². The van der Waals surface area contributed by atoms with Crippen LogP contribution in [0.2, 0.25) is 0 Å². The minimum absolute atomic E-state index is 0.0574. The van der Waals surface area contributed by atoms with Crippen LogP contribution in [0.4, 0.5) is 20.2 Å². The van der Waals surface area contributed by atoms with E-state index in [1.165, 1.54) is 59.7 Å². The van der Waals surface area contributed by atoms with Crippen LogP contribution in [-0.2, 0) is 27.3 Å². The van der Waals surface area contributed by atoms with E-state index in [0.29, 0.717) is 41.9 Å². The number of hydrogen-bond donors (Lipinski definition) is 3. The monoisotopic (exact) mass is 624 g/mol. The summed E-state index contributed by atoms with van der Waals surface area (Å²) in [6, 6.07) is 11.2. The van der Waals surface area contributed by atoms with Crippen LogP contribution in [0, 0.1) is 17.0 Å². The molecule has 1 aromatic heterocycles. The number of nitrogens with zero attached hydrogens (tertiary/aromatic N) is 3. The summed E-state index contributed by atoms with van der Waals surface area (Å²) < 4.78 is 42.6. The van der Waals surface area contributed by atoms with Gasteiger partial charge < -0.3 is 25.9 Å². The van der Waals surface area contributed by atoms with Crippen molar-refractivity contribution in [2.24, 2.45) is 5.73 Å². The number of carbonyl (C=O) groups is 2. The molecule has 0 bridgehead atoms. The van der Waals surface area contributed by atoms with Gasteiger partial charge in [-0.1, -0.05) is 0 Å². The van der Waals surface area contributed by atoms with E-state index in [1.54, 1.807) is 19.2 Å². The van der Waals surface area contributed by atoms with Crippen molar-refractivity contribution in [1.29, 1.82) is 5.41 Å². The molecule has 2 amide bonds. The van der Waals surface area contributed by atoms with Crippen LogP contribution in [-0.4, -0.2) is 34.4 Å². The molecule has 12 heteroatoms. The van der Waals surface area contributed by atoms with Crippen LogP contribution in [0.25, 0.3) is 16.5 Å². The summed E-state index contributed by atoms with van der Waals surface area (Å²) in [6.07, 6.45) is 9.96. The largest absolute Gasteiger partial charge is 0.475 e. The van der Waals surface area contributed by atoms with Crippen LogP contribution in [0.15, 0.2) is 84.5 Å². The maximum atomic E-state index is 15.3. The Morgan fingerprint density at radius 3 is 2.59 bits per heavy atom. The molecule has 0 saturated heterocycles. The Kier molecular flexibility index (Phi) is 8.34. The Morgan fingerprint density at radius 2 is 1.91 bits per heavy atom. The van der Waals surface area contributed by atoms with Crippen LogP contribution < -0.4 is 20.7 Å². The highest BCUT2D eigenvalue weighted by atomic mass is 19.1. The second kappa shape index (κ2) is 12.7. The second-order valence-corrected chi connectivity index (χ2v) is 10.9. The summed E-state index contributed by atoms with van der Waals surface area (Å²) in [4.78, 5) is 26.1. The molecule has 0 atom stereocenters. The minimum atomic E-state index is -0.716. The fourth-order valence-corrected chi connectivity index (χ4v) is 5.20. The Morgan fingerprint density at radius 1 is 1.13 bits per heavy atom. The van der Waals surface area contributed by atoms with E-state index in [4.69, 9.17) is 20.6 Å². The molecule has 1 aliphatic heterocycles. The third-order valence-corrected chi connectivity index (χ3v) is 7.69. The van der Waals surface area contributed by atoms with Crippen molar-refractivity contribution in [2.75, 3.05) is 10.2 Å². The standard InChI is InChI=1S/C34H30F2N6O4/c1-20(2-11-31(45-26-8-9-26)41(19-43)25-6-3-23(35)4-7-25)34(44)40-24-5-10-29(28(36)15-24)46-30-14-21-18-39-42-13-12-27(33(21)42)32(30)22(16-37)17-38/h2-7,10-11,14-19,26,37H,8-9,12-13,38H2,1H3,(H,40,44)/b20-2+,22-17+,31-11+,37-16?. The number of amides is 2. The fourth-order valence-electron chi connectivity index (χ4n) is 5.20. The van der Waals surface area contributed by atoms with E-state index in [-0.39, 0.29) is 29.0 Å². The summed E-state index contributed by atoms with van der Waals surface area (Å²) in [6.45, 7) is 2.24. The molecule has 0 radical (unpaired) electrons. The van der Waals surface area contributed by atoms with Crippen LogP contribution in [0.1, 0.15) is 30.9 Å². The molecule has 1 aliphatic carbocycles. The molecule has 4 aromatic rings. The SMILES string of the molecule is C/C(=C\C=C(\OC1CC1)N(C=O)c1ccc(F)cc1)C(=O)Nc1ccc(Oc2cc3cnn4c3c(c2/C(C=N)=C/N)CC4)c(F)c1. The van der Waals surface area contributed by atoms with Gasteiger partial charge in [0.25, 0.3) is 5.91 Å². The lowest BCUT2D eigenvalue weighted by atomic mass is 9.96. The molecule has 4 N–H and O–H groups in total. The van der Waals surface area contributed by atoms with Gasteiger partial charge in [0.1, 0.15) is 17.7 Å². The average Bonchev–Trinajstić information content (AvgIpc) is 3.63. The second-order valence-electron chi connectivity index (χ2n) is 10.9. The van der Waals surface area contributed by atoms with E-state index in [0.717, 1.165) is 41.6 Å². The summed E-state index contributed by atoms with van der Waals surface area (Å²) in [5.41, 5.74) is 9.56. The normalized spacial score (nSPS) is 14.7. The summed E-state index contributed by atoms with van der Waals surface area (Å²) >= 11 is 0. The zero-order chi connectivity index (χ0) is 32.4. The summed E-state index contributed by atoms with van der Waals surface area (Å²) in [5, 5.41) is 15.7. The van der Waals surface area contributed by atoms with Gasteiger partial charge in [-0.15, -0.1) is 0 Å². The zero-order valence-electron chi connectivity index (χ0n) is 24.8. The highest BCUT2D eigenvalue weighted by Gasteiger charge is 2.27. The van der Waals surface area contributed by atoms with Gasteiger partial charge in [0.2, 0.25) is 12.3 Å². The molecule has 0 spiro atoms. The predicted molar refractivity (Wildman–Crippen MR) is 170 cm³/mol. The van der Waals surface area contributed by atoms with E-state index in [9.17, 15) is 14.0 Å². The van der Waals surface area contributed by atoms with E-state index in [2.05, 4.69) is 10.4 Å². The number of halogens is 2. The third-order valence-electron chi connectivity index (χ3n) is 7.69. The number of hydrogen-bond acceptors (Lipinski definition) is 7. The van der Waals surface area contributed by atoms with Gasteiger partial charge in [0.15, 0.2) is 11.6 Å². The molecule has 1 fully saturated rings. The molecule has 2 aliphatic rings. The van der Waals surface area contributed by atoms with Gasteiger partial charge in [-0.25, -0.2) is 8.78 Å². The number of nitrogens with one attached hydrogen (secondary N) is 2. The lowest BCUT2D eigenvalue weighted by Crippen LogP contribution is -2.23. The molecule has 10 nitrogen and oxygen atoms in total. The summed E-state index contributed by atoms with van der Waals surface area (Å²) in [5.74, 6) is -1.23. The molecule has 46 heavy (non-hydrogen) atoms. The number of aryl methyl sites for hydroxylation is 2. The van der Waals surface area contributed by atoms with E-state index < -0.39 is 17.5 Å². The van der Waals surface area contributed by atoms with Crippen molar-refractivity contribution in [2.45, 2.75) is 38.8 Å². The van der Waals surface area contributed by atoms with E-state index >= 15 is 4.39 Å². The Hall–Kier alpha value is -5.78. The Balaban J connectivity index is 1.21. The number of carbonyl (C=O) groups excluding carboxylic acids is 2. The molecule has 1 saturated carbocycles. The molecular formula is C34H30F2N6O4. The summed E-state index contributed by atoms with van der Waals surface area (Å²) in [7, 11) is 0. The van der Waals surface area contributed by atoms with Crippen LogP contribution in [0.3, 0.4) is 0 Å². The topological polar surface area (TPSA) is 136 Å². The lowest BCUT2D eigenvalue weighted by molar-refractivity contribution is -0.112. The molecule has 234 valence electrons. The fraction of sp³-hybridized carbons (Fsp3) is 0.176. The maximum Gasteiger partial charge on any atom is 0.251 e. The number of ether oxygens (including phenoxy) is 2. The number of benzene rings is 3. The van der Waals surface area contributed by atoms with Crippen molar-refractivity contribution in [3.05, 3.63) is 107 Å². The van der Waals surface area contributed by atoms with Crippen LogP contribution >= 0.6 is 0 Å². The molecule has 0 unspecified atom stereocenters. The van der Waals surface area contributed by atoms with Crippen molar-refractivity contribution < 1.29 is 27.8 Å². The highest BCUT2D eigenvalue weighted by Crippen LogP contribution is 2.41. The first-order valence-electron chi connectivity index (χ1n) is 14.6. The molecule has 3 aromatic carbocycles. The van der Waals surface area contributed by atoms with Gasteiger partial charge in [-0.05, 0) is 86.4 Å². The first-order valence-corrected chi connectivity index (χ1v) is 14.6. The average molecular weight is 625 g/mol. The van der Waals surface area contributed by atoms with E-state index in [1.807, 2.05) is 4.68 Å². The number of allylic oxidation sites excluding steroid dienone is 3. The smallest absolute Gasteiger partial charge is 0.251 e. The molecule has 2 heterocycles. The van der Waals surface area contributed by atoms with Crippen molar-refractivity contribution in [3.63, 3.8) is 0 Å². The first kappa shape index (κ1) is 30.3. The van der Waals surface area contributed by atoms with Gasteiger partial charge in [-0.3, -0.25) is 19.2 Å². The first-order chi connectivity index (χ1) is 22.3. The number of nitrogens with two attached hydrogens (primary N) is 1. The van der Waals surface area contributed by atoms with Crippen molar-refractivity contribution in [3.8, 4) is 11.5 Å². The highest BCUT2D eigenvalue weighted by molar-refractivity contribution is 6.12. The number of aromatic nitrogens is 2. The quantitative estimate of drug-likeness (QED) is 0.0566. The van der Waals surface area contributed by atoms with Crippen molar-refractivity contribution in [1.82, 2.24) is 9.78 Å². The van der Waals surface area contributed by atoms with Gasteiger partial charge >= 0.3 is 0 Å². The minimum Gasteiger partial charge on any atom is -0.475 e. The lowest BCUT2D eigenvalue weighted by Gasteiger charge is -2.21.